The Balaban J connectivity index is 1.90. The Bertz CT molecular complexity index is 364. The minimum atomic E-state index is 0.669. The van der Waals surface area contributed by atoms with Crippen LogP contribution in [0.4, 0.5) is 5.95 Å². The van der Waals surface area contributed by atoms with E-state index in [0.717, 1.165) is 31.2 Å². The molecule has 0 atom stereocenters. The van der Waals surface area contributed by atoms with Gasteiger partial charge < -0.3 is 14.8 Å². The highest BCUT2D eigenvalue weighted by Gasteiger charge is 2.19. The van der Waals surface area contributed by atoms with E-state index < -0.39 is 0 Å². The molecule has 1 aromatic heterocycles. The van der Waals surface area contributed by atoms with Gasteiger partial charge in [-0.3, -0.25) is 0 Å². The van der Waals surface area contributed by atoms with E-state index in [1.807, 2.05) is 0 Å². The maximum Gasteiger partial charge on any atom is 0.203 e. The molecule has 102 valence electrons. The van der Waals surface area contributed by atoms with Gasteiger partial charge in [0.25, 0.3) is 0 Å². The Hall–Kier alpha value is -1.03. The zero-order valence-electron chi connectivity index (χ0n) is 11.9. The van der Waals surface area contributed by atoms with Crippen molar-refractivity contribution < 1.29 is 0 Å². The zero-order chi connectivity index (χ0) is 13.0. The molecular formula is C14H26N4. The van der Waals surface area contributed by atoms with Gasteiger partial charge in [-0.15, -0.1) is 0 Å². The van der Waals surface area contributed by atoms with E-state index in [1.54, 1.807) is 0 Å². The highest BCUT2D eigenvalue weighted by atomic mass is 15.2. The minimum Gasteiger partial charge on any atom is -0.356 e. The maximum absolute atomic E-state index is 4.61. The minimum absolute atomic E-state index is 0.669. The van der Waals surface area contributed by atoms with Crippen LogP contribution < -0.4 is 5.32 Å². The van der Waals surface area contributed by atoms with Crippen molar-refractivity contribution in [2.75, 3.05) is 32.5 Å². The van der Waals surface area contributed by atoms with Gasteiger partial charge >= 0.3 is 0 Å². The lowest BCUT2D eigenvalue weighted by molar-refractivity contribution is 0.404. The Morgan fingerprint density at radius 3 is 2.78 bits per heavy atom. The van der Waals surface area contributed by atoms with Crippen LogP contribution in [0.3, 0.4) is 0 Å². The van der Waals surface area contributed by atoms with Gasteiger partial charge in [-0.05, 0) is 46.8 Å². The Morgan fingerprint density at radius 2 is 2.11 bits per heavy atom. The molecule has 0 unspecified atom stereocenters. The summed E-state index contributed by atoms with van der Waals surface area (Å²) in [6, 6.07) is 0.669. The molecule has 1 saturated carbocycles. The van der Waals surface area contributed by atoms with E-state index in [0.29, 0.717) is 6.04 Å². The molecule has 1 heterocycles. The second-order valence-corrected chi connectivity index (χ2v) is 5.64. The van der Waals surface area contributed by atoms with Crippen LogP contribution in [0.1, 0.15) is 43.8 Å². The first-order valence-electron chi connectivity index (χ1n) is 7.11. The summed E-state index contributed by atoms with van der Waals surface area (Å²) in [6.07, 6.45) is 8.70. The number of nitrogens with one attached hydrogen (secondary N) is 1. The lowest BCUT2D eigenvalue weighted by Crippen LogP contribution is -2.18. The monoisotopic (exact) mass is 250 g/mol. The van der Waals surface area contributed by atoms with E-state index in [9.17, 15) is 0 Å². The summed E-state index contributed by atoms with van der Waals surface area (Å²) in [6.45, 7) is 4.20. The van der Waals surface area contributed by atoms with Gasteiger partial charge in [-0.25, -0.2) is 4.98 Å². The first-order valence-corrected chi connectivity index (χ1v) is 7.11. The van der Waals surface area contributed by atoms with Gasteiger partial charge in [-0.2, -0.15) is 0 Å². The summed E-state index contributed by atoms with van der Waals surface area (Å²) in [7, 11) is 4.23. The summed E-state index contributed by atoms with van der Waals surface area (Å²) in [5.41, 5.74) is 1.12. The molecule has 2 rings (SSSR count). The van der Waals surface area contributed by atoms with Crippen molar-refractivity contribution in [2.24, 2.45) is 0 Å². The number of aryl methyl sites for hydroxylation is 1. The molecule has 1 N–H and O–H groups in total. The van der Waals surface area contributed by atoms with E-state index in [1.165, 1.54) is 25.7 Å². The van der Waals surface area contributed by atoms with Crippen molar-refractivity contribution in [3.63, 3.8) is 0 Å². The first kappa shape index (κ1) is 13.4. The molecule has 1 fully saturated rings. The fourth-order valence-electron chi connectivity index (χ4n) is 2.70. The summed E-state index contributed by atoms with van der Waals surface area (Å²) < 4.78 is 2.36. The highest BCUT2D eigenvalue weighted by molar-refractivity contribution is 5.29. The predicted octanol–water partition coefficient (Wildman–Crippen LogP) is 2.67. The van der Waals surface area contributed by atoms with E-state index in [2.05, 4.69) is 47.0 Å². The number of nitrogens with zero attached hydrogens (tertiary/aromatic N) is 3. The molecule has 0 aliphatic heterocycles. The van der Waals surface area contributed by atoms with Gasteiger partial charge in [-0.1, -0.05) is 12.8 Å². The van der Waals surface area contributed by atoms with Crippen molar-refractivity contribution >= 4 is 5.95 Å². The molecule has 0 amide bonds. The summed E-state index contributed by atoms with van der Waals surface area (Å²) in [4.78, 5) is 6.83. The Labute approximate surface area is 110 Å². The topological polar surface area (TPSA) is 33.1 Å². The van der Waals surface area contributed by atoms with Gasteiger partial charge in [0, 0.05) is 18.8 Å². The van der Waals surface area contributed by atoms with Crippen molar-refractivity contribution in [1.82, 2.24) is 14.5 Å². The van der Waals surface area contributed by atoms with Crippen LogP contribution in [0.2, 0.25) is 0 Å². The number of anilines is 1. The molecule has 0 radical (unpaired) electrons. The van der Waals surface area contributed by atoms with Crippen LogP contribution in [0.15, 0.2) is 6.20 Å². The van der Waals surface area contributed by atoms with Crippen molar-refractivity contribution in [3.05, 3.63) is 11.9 Å². The van der Waals surface area contributed by atoms with Gasteiger partial charge in [0.1, 0.15) is 0 Å². The van der Waals surface area contributed by atoms with Crippen LogP contribution in [-0.4, -0.2) is 41.6 Å². The van der Waals surface area contributed by atoms with Crippen molar-refractivity contribution in [2.45, 2.75) is 45.1 Å². The molecule has 1 aromatic rings. The number of imidazole rings is 1. The Morgan fingerprint density at radius 1 is 1.39 bits per heavy atom. The molecule has 4 heteroatoms. The quantitative estimate of drug-likeness (QED) is 0.788. The van der Waals surface area contributed by atoms with Gasteiger partial charge in [0.15, 0.2) is 0 Å². The van der Waals surface area contributed by atoms with Crippen LogP contribution in [0.5, 0.6) is 0 Å². The van der Waals surface area contributed by atoms with Gasteiger partial charge in [0.05, 0.1) is 5.69 Å². The van der Waals surface area contributed by atoms with Gasteiger partial charge in [0.2, 0.25) is 5.95 Å². The fourth-order valence-corrected chi connectivity index (χ4v) is 2.70. The normalized spacial score (nSPS) is 16.7. The largest absolute Gasteiger partial charge is 0.356 e. The lowest BCUT2D eigenvalue weighted by atomic mass is 10.2. The van der Waals surface area contributed by atoms with E-state index in [-0.39, 0.29) is 0 Å². The van der Waals surface area contributed by atoms with Crippen LogP contribution in [0, 0.1) is 6.92 Å². The summed E-state index contributed by atoms with van der Waals surface area (Å²) in [5.74, 6) is 1.07. The third-order valence-electron chi connectivity index (χ3n) is 3.64. The number of rotatable bonds is 6. The smallest absolute Gasteiger partial charge is 0.203 e. The third-order valence-corrected chi connectivity index (χ3v) is 3.64. The third kappa shape index (κ3) is 3.48. The van der Waals surface area contributed by atoms with E-state index >= 15 is 0 Å². The molecule has 0 spiro atoms. The second kappa shape index (κ2) is 6.23. The SMILES string of the molecule is Cc1cn(C2CCCC2)c(NCCCN(C)C)n1. The molecule has 0 saturated heterocycles. The van der Waals surface area contributed by atoms with Crippen LogP contribution in [0.25, 0.3) is 0 Å². The molecule has 4 nitrogen and oxygen atoms in total. The molecule has 1 aliphatic rings. The summed E-state index contributed by atoms with van der Waals surface area (Å²) in [5, 5.41) is 3.49. The van der Waals surface area contributed by atoms with E-state index in [4.69, 9.17) is 0 Å². The molecular weight excluding hydrogens is 224 g/mol. The second-order valence-electron chi connectivity index (χ2n) is 5.64. The van der Waals surface area contributed by atoms with Crippen molar-refractivity contribution in [3.8, 4) is 0 Å². The summed E-state index contributed by atoms with van der Waals surface area (Å²) >= 11 is 0. The fraction of sp³-hybridized carbons (Fsp3) is 0.786. The number of aromatic nitrogens is 2. The standard InChI is InChI=1S/C14H26N4/c1-12-11-18(13-7-4-5-8-13)14(16-12)15-9-6-10-17(2)3/h11,13H,4-10H2,1-3H3,(H,15,16). The maximum atomic E-state index is 4.61. The number of hydrogen-bond acceptors (Lipinski definition) is 3. The average molecular weight is 250 g/mol. The zero-order valence-corrected chi connectivity index (χ0v) is 11.9. The first-order chi connectivity index (χ1) is 8.66. The van der Waals surface area contributed by atoms with Crippen molar-refractivity contribution in [1.29, 1.82) is 0 Å². The molecule has 0 aromatic carbocycles. The highest BCUT2D eigenvalue weighted by Crippen LogP contribution is 2.31. The molecule has 18 heavy (non-hydrogen) atoms. The number of hydrogen-bond donors (Lipinski definition) is 1. The predicted molar refractivity (Wildman–Crippen MR) is 76.1 cm³/mol. The Kier molecular flexibility index (Phi) is 4.64. The molecule has 1 aliphatic carbocycles. The molecule has 0 bridgehead atoms. The average Bonchev–Trinajstić information content (AvgIpc) is 2.93. The van der Waals surface area contributed by atoms with Crippen LogP contribution >= 0.6 is 0 Å². The van der Waals surface area contributed by atoms with Crippen LogP contribution in [-0.2, 0) is 0 Å². The lowest BCUT2D eigenvalue weighted by Gasteiger charge is -2.16.